The van der Waals surface area contributed by atoms with Gasteiger partial charge in [0.1, 0.15) is 0 Å². The fourth-order valence-corrected chi connectivity index (χ4v) is 2.45. The Morgan fingerprint density at radius 2 is 1.85 bits per heavy atom. The van der Waals surface area contributed by atoms with Crippen molar-refractivity contribution in [2.24, 2.45) is 0 Å². The fraction of sp³-hybridized carbons (Fsp3) is 0.923. The molecular weight excluding hydrogens is 271 g/mol. The Labute approximate surface area is 118 Å². The lowest BCUT2D eigenvalue weighted by atomic mass is 10.0. The van der Waals surface area contributed by atoms with Crippen LogP contribution in [0.4, 0.5) is 13.2 Å². The summed E-state index contributed by atoms with van der Waals surface area (Å²) in [5, 5.41) is 3.15. The molecule has 1 saturated heterocycles. The Morgan fingerprint density at radius 1 is 1.25 bits per heavy atom. The summed E-state index contributed by atoms with van der Waals surface area (Å²) in [6.45, 7) is 0.961. The van der Waals surface area contributed by atoms with Crippen molar-refractivity contribution in [3.05, 3.63) is 0 Å². The van der Waals surface area contributed by atoms with Crippen LogP contribution in [0.3, 0.4) is 0 Å². The molecule has 0 aromatic rings. The quantitative estimate of drug-likeness (QED) is 0.806. The SMILES string of the molecule is CN(C)C(=O)CCCN(CC(F)(F)F)C1CCNCC1. The Morgan fingerprint density at radius 3 is 2.35 bits per heavy atom. The zero-order valence-electron chi connectivity index (χ0n) is 12.2. The average molecular weight is 295 g/mol. The molecule has 0 unspecified atom stereocenters. The molecule has 0 atom stereocenters. The number of carbonyl (C=O) groups excluding carboxylic acids is 1. The zero-order chi connectivity index (χ0) is 15.2. The Kier molecular flexibility index (Phi) is 6.75. The number of hydrogen-bond acceptors (Lipinski definition) is 3. The summed E-state index contributed by atoms with van der Waals surface area (Å²) < 4.78 is 37.9. The molecule has 0 radical (unpaired) electrons. The van der Waals surface area contributed by atoms with Gasteiger partial charge in [-0.2, -0.15) is 13.2 Å². The molecule has 118 valence electrons. The van der Waals surface area contributed by atoms with Gasteiger partial charge in [0.15, 0.2) is 0 Å². The van der Waals surface area contributed by atoms with Crippen molar-refractivity contribution in [3.8, 4) is 0 Å². The first-order valence-electron chi connectivity index (χ1n) is 7.01. The molecule has 1 N–H and O–H groups in total. The van der Waals surface area contributed by atoms with Gasteiger partial charge in [0.25, 0.3) is 0 Å². The third kappa shape index (κ3) is 6.56. The monoisotopic (exact) mass is 295 g/mol. The highest BCUT2D eigenvalue weighted by molar-refractivity contribution is 5.75. The van der Waals surface area contributed by atoms with E-state index in [-0.39, 0.29) is 11.9 Å². The molecule has 1 amide bonds. The predicted molar refractivity (Wildman–Crippen MR) is 71.4 cm³/mol. The van der Waals surface area contributed by atoms with Gasteiger partial charge in [-0.15, -0.1) is 0 Å². The van der Waals surface area contributed by atoms with E-state index in [2.05, 4.69) is 5.32 Å². The summed E-state index contributed by atoms with van der Waals surface area (Å²) in [5.74, 6) is -0.0396. The van der Waals surface area contributed by atoms with E-state index in [4.69, 9.17) is 0 Å². The number of hydrogen-bond donors (Lipinski definition) is 1. The summed E-state index contributed by atoms with van der Waals surface area (Å²) in [6, 6.07) is -0.0349. The number of piperidine rings is 1. The Hall–Kier alpha value is -0.820. The molecule has 7 heteroatoms. The van der Waals surface area contributed by atoms with Crippen molar-refractivity contribution in [1.82, 2.24) is 15.1 Å². The number of halogens is 3. The van der Waals surface area contributed by atoms with Gasteiger partial charge in [0.05, 0.1) is 6.54 Å². The lowest BCUT2D eigenvalue weighted by molar-refractivity contribution is -0.152. The molecule has 4 nitrogen and oxygen atoms in total. The first kappa shape index (κ1) is 17.2. The molecule has 0 aromatic carbocycles. The molecule has 1 heterocycles. The van der Waals surface area contributed by atoms with Crippen LogP contribution in [-0.4, -0.2) is 68.2 Å². The first-order valence-corrected chi connectivity index (χ1v) is 7.01. The summed E-state index contributed by atoms with van der Waals surface area (Å²) in [7, 11) is 3.31. The maximum atomic E-state index is 12.6. The predicted octanol–water partition coefficient (Wildman–Crippen LogP) is 1.47. The van der Waals surface area contributed by atoms with Crippen LogP contribution in [0.25, 0.3) is 0 Å². The maximum absolute atomic E-state index is 12.6. The number of rotatable bonds is 6. The topological polar surface area (TPSA) is 35.6 Å². The van der Waals surface area contributed by atoms with Crippen LogP contribution in [0.15, 0.2) is 0 Å². The first-order chi connectivity index (χ1) is 9.29. The second kappa shape index (κ2) is 7.83. The average Bonchev–Trinajstić information content (AvgIpc) is 2.37. The second-order valence-electron chi connectivity index (χ2n) is 5.46. The molecule has 0 saturated carbocycles. The molecule has 0 spiro atoms. The van der Waals surface area contributed by atoms with Crippen molar-refractivity contribution in [2.45, 2.75) is 37.9 Å². The van der Waals surface area contributed by atoms with E-state index in [1.165, 1.54) is 9.80 Å². The van der Waals surface area contributed by atoms with Gasteiger partial charge >= 0.3 is 6.18 Å². The Balaban J connectivity index is 2.47. The van der Waals surface area contributed by atoms with Crippen LogP contribution in [0, 0.1) is 0 Å². The van der Waals surface area contributed by atoms with E-state index in [1.54, 1.807) is 14.1 Å². The summed E-state index contributed by atoms with van der Waals surface area (Å²) >= 11 is 0. The number of nitrogens with zero attached hydrogens (tertiary/aromatic N) is 2. The van der Waals surface area contributed by atoms with Crippen molar-refractivity contribution in [1.29, 1.82) is 0 Å². The molecule has 0 aromatic heterocycles. The smallest absolute Gasteiger partial charge is 0.349 e. The van der Waals surface area contributed by atoms with Gasteiger partial charge in [0.2, 0.25) is 5.91 Å². The van der Waals surface area contributed by atoms with Gasteiger partial charge in [0, 0.05) is 26.6 Å². The lowest BCUT2D eigenvalue weighted by Crippen LogP contribution is -2.47. The van der Waals surface area contributed by atoms with Crippen molar-refractivity contribution >= 4 is 5.91 Å². The minimum atomic E-state index is -4.18. The minimum Gasteiger partial charge on any atom is -0.349 e. The van der Waals surface area contributed by atoms with E-state index < -0.39 is 12.7 Å². The summed E-state index contributed by atoms with van der Waals surface area (Å²) in [6.07, 6.45) is -1.95. The van der Waals surface area contributed by atoms with Crippen molar-refractivity contribution < 1.29 is 18.0 Å². The molecule has 1 fully saturated rings. The number of amides is 1. The second-order valence-corrected chi connectivity index (χ2v) is 5.46. The third-order valence-electron chi connectivity index (χ3n) is 3.54. The van der Waals surface area contributed by atoms with Crippen LogP contribution in [0.2, 0.25) is 0 Å². The van der Waals surface area contributed by atoms with Crippen LogP contribution >= 0.6 is 0 Å². The van der Waals surface area contributed by atoms with Gasteiger partial charge in [-0.25, -0.2) is 0 Å². The van der Waals surface area contributed by atoms with E-state index in [9.17, 15) is 18.0 Å². The van der Waals surface area contributed by atoms with E-state index in [0.717, 1.165) is 25.9 Å². The largest absolute Gasteiger partial charge is 0.401 e. The highest BCUT2D eigenvalue weighted by Crippen LogP contribution is 2.21. The van der Waals surface area contributed by atoms with Crippen LogP contribution < -0.4 is 5.32 Å². The molecule has 0 aliphatic carbocycles. The van der Waals surface area contributed by atoms with Crippen LogP contribution in [0.1, 0.15) is 25.7 Å². The Bertz CT molecular complexity index is 302. The highest BCUT2D eigenvalue weighted by atomic mass is 19.4. The molecule has 1 aliphatic rings. The minimum absolute atomic E-state index is 0.0349. The third-order valence-corrected chi connectivity index (χ3v) is 3.54. The van der Waals surface area contributed by atoms with Crippen LogP contribution in [0.5, 0.6) is 0 Å². The highest BCUT2D eigenvalue weighted by Gasteiger charge is 2.34. The van der Waals surface area contributed by atoms with Gasteiger partial charge in [-0.1, -0.05) is 0 Å². The van der Waals surface area contributed by atoms with E-state index in [1.807, 2.05) is 0 Å². The van der Waals surface area contributed by atoms with E-state index in [0.29, 0.717) is 19.4 Å². The van der Waals surface area contributed by atoms with E-state index >= 15 is 0 Å². The molecule has 0 bridgehead atoms. The lowest BCUT2D eigenvalue weighted by Gasteiger charge is -2.35. The fourth-order valence-electron chi connectivity index (χ4n) is 2.45. The van der Waals surface area contributed by atoms with Crippen LogP contribution in [-0.2, 0) is 4.79 Å². The molecule has 1 aliphatic heterocycles. The van der Waals surface area contributed by atoms with Crippen molar-refractivity contribution in [2.75, 3.05) is 40.3 Å². The molecule has 20 heavy (non-hydrogen) atoms. The van der Waals surface area contributed by atoms with Gasteiger partial charge < -0.3 is 10.2 Å². The van der Waals surface area contributed by atoms with Gasteiger partial charge in [-0.3, -0.25) is 9.69 Å². The van der Waals surface area contributed by atoms with Gasteiger partial charge in [-0.05, 0) is 38.9 Å². The zero-order valence-corrected chi connectivity index (χ0v) is 12.2. The van der Waals surface area contributed by atoms with Crippen molar-refractivity contribution in [3.63, 3.8) is 0 Å². The standard InChI is InChI=1S/C13H24F3N3O/c1-18(2)12(20)4-3-9-19(10-13(14,15)16)11-5-7-17-8-6-11/h11,17H,3-10H2,1-2H3. The number of nitrogens with one attached hydrogen (secondary N) is 1. The number of alkyl halides is 3. The summed E-state index contributed by atoms with van der Waals surface area (Å²) in [4.78, 5) is 14.4. The summed E-state index contributed by atoms with van der Waals surface area (Å²) in [5.41, 5.74) is 0. The normalized spacial score (nSPS) is 17.5. The molecule has 1 rings (SSSR count). The number of carbonyl (C=O) groups is 1. The maximum Gasteiger partial charge on any atom is 0.401 e. The molecular formula is C13H24F3N3O.